The van der Waals surface area contributed by atoms with Crippen molar-refractivity contribution >= 4 is 24.2 Å². The number of hydrogen-bond acceptors (Lipinski definition) is 4. The van der Waals surface area contributed by atoms with Gasteiger partial charge in [-0.25, -0.2) is 4.39 Å². The van der Waals surface area contributed by atoms with Crippen molar-refractivity contribution in [3.05, 3.63) is 35.6 Å². The Morgan fingerprint density at radius 2 is 2.15 bits per heavy atom. The SMILES string of the molecule is CC(=O)NC1CCCN(C(=O)CN2CCNCC2c2cccc(F)c2)C1.Cl. The molecule has 0 spiro atoms. The maximum atomic E-state index is 13.6. The molecular formula is C19H28ClFN4O2. The minimum Gasteiger partial charge on any atom is -0.352 e. The largest absolute Gasteiger partial charge is 0.352 e. The van der Waals surface area contributed by atoms with Crippen LogP contribution in [0.2, 0.25) is 0 Å². The van der Waals surface area contributed by atoms with Crippen LogP contribution < -0.4 is 10.6 Å². The molecule has 8 heteroatoms. The van der Waals surface area contributed by atoms with Crippen LogP contribution in [0.25, 0.3) is 0 Å². The summed E-state index contributed by atoms with van der Waals surface area (Å²) in [5, 5.41) is 6.24. The molecule has 2 N–H and O–H groups in total. The number of carbonyl (C=O) groups excluding carboxylic acids is 2. The van der Waals surface area contributed by atoms with Crippen LogP contribution in [0.3, 0.4) is 0 Å². The predicted molar refractivity (Wildman–Crippen MR) is 104 cm³/mol. The fraction of sp³-hybridized carbons (Fsp3) is 0.579. The molecule has 150 valence electrons. The second-order valence-corrected chi connectivity index (χ2v) is 7.12. The van der Waals surface area contributed by atoms with Gasteiger partial charge in [-0.1, -0.05) is 12.1 Å². The number of amides is 2. The summed E-state index contributed by atoms with van der Waals surface area (Å²) in [4.78, 5) is 28.1. The Morgan fingerprint density at radius 3 is 2.89 bits per heavy atom. The first kappa shape index (κ1) is 21.6. The molecule has 2 saturated heterocycles. The Morgan fingerprint density at radius 1 is 1.33 bits per heavy atom. The summed E-state index contributed by atoms with van der Waals surface area (Å²) in [5.74, 6) is -0.241. The number of carbonyl (C=O) groups is 2. The number of benzene rings is 1. The summed E-state index contributed by atoms with van der Waals surface area (Å²) < 4.78 is 13.6. The lowest BCUT2D eigenvalue weighted by atomic mass is 10.0. The number of piperidine rings is 1. The van der Waals surface area contributed by atoms with Gasteiger partial charge < -0.3 is 15.5 Å². The first-order valence-electron chi connectivity index (χ1n) is 9.28. The van der Waals surface area contributed by atoms with Gasteiger partial charge in [0.25, 0.3) is 0 Å². The molecule has 2 heterocycles. The third-order valence-corrected chi connectivity index (χ3v) is 5.11. The van der Waals surface area contributed by atoms with Gasteiger partial charge in [0.1, 0.15) is 5.82 Å². The van der Waals surface area contributed by atoms with Crippen molar-refractivity contribution in [3.8, 4) is 0 Å². The highest BCUT2D eigenvalue weighted by Crippen LogP contribution is 2.23. The first-order valence-corrected chi connectivity index (χ1v) is 9.28. The Labute approximate surface area is 165 Å². The zero-order valence-corrected chi connectivity index (χ0v) is 16.4. The highest BCUT2D eigenvalue weighted by atomic mass is 35.5. The average Bonchev–Trinajstić information content (AvgIpc) is 2.62. The number of nitrogens with zero attached hydrogens (tertiary/aromatic N) is 2. The molecule has 2 aliphatic heterocycles. The zero-order valence-electron chi connectivity index (χ0n) is 15.6. The van der Waals surface area contributed by atoms with Crippen LogP contribution in [0.15, 0.2) is 24.3 Å². The van der Waals surface area contributed by atoms with Gasteiger partial charge in [-0.2, -0.15) is 0 Å². The third kappa shape index (κ3) is 5.89. The summed E-state index contributed by atoms with van der Waals surface area (Å²) >= 11 is 0. The standard InChI is InChI=1S/C19H27FN4O2.ClH/c1-14(25)22-17-6-3-8-24(12-17)19(26)13-23-9-7-21-11-18(23)15-4-2-5-16(20)10-15;/h2,4-5,10,17-18,21H,3,6-9,11-13H2,1H3,(H,22,25);1H. The lowest BCUT2D eigenvalue weighted by Crippen LogP contribution is -2.54. The molecule has 6 nitrogen and oxygen atoms in total. The Bertz CT molecular complexity index is 660. The monoisotopic (exact) mass is 398 g/mol. The summed E-state index contributed by atoms with van der Waals surface area (Å²) in [6, 6.07) is 6.62. The van der Waals surface area contributed by atoms with Crippen LogP contribution in [0.4, 0.5) is 4.39 Å². The lowest BCUT2D eigenvalue weighted by Gasteiger charge is -2.39. The smallest absolute Gasteiger partial charge is 0.236 e. The second kappa shape index (κ2) is 10.0. The molecule has 2 unspecified atom stereocenters. The highest BCUT2D eigenvalue weighted by molar-refractivity contribution is 5.85. The zero-order chi connectivity index (χ0) is 18.5. The van der Waals surface area contributed by atoms with Gasteiger partial charge in [0.05, 0.1) is 6.54 Å². The molecule has 0 radical (unpaired) electrons. The van der Waals surface area contributed by atoms with Crippen molar-refractivity contribution < 1.29 is 14.0 Å². The van der Waals surface area contributed by atoms with Gasteiger partial charge in [-0.15, -0.1) is 12.4 Å². The summed E-state index contributed by atoms with van der Waals surface area (Å²) in [7, 11) is 0. The lowest BCUT2D eigenvalue weighted by molar-refractivity contribution is -0.135. The number of hydrogen-bond donors (Lipinski definition) is 2. The molecule has 0 saturated carbocycles. The summed E-state index contributed by atoms with van der Waals surface area (Å²) in [6.45, 7) is 5.37. The molecule has 2 fully saturated rings. The van der Waals surface area contributed by atoms with Crippen molar-refractivity contribution in [2.45, 2.75) is 31.8 Å². The molecule has 3 rings (SSSR count). The third-order valence-electron chi connectivity index (χ3n) is 5.11. The topological polar surface area (TPSA) is 64.7 Å². The second-order valence-electron chi connectivity index (χ2n) is 7.12. The molecule has 0 aromatic heterocycles. The number of halogens is 2. The highest BCUT2D eigenvalue weighted by Gasteiger charge is 2.29. The molecule has 2 atom stereocenters. The quantitative estimate of drug-likeness (QED) is 0.803. The van der Waals surface area contributed by atoms with E-state index < -0.39 is 0 Å². The predicted octanol–water partition coefficient (Wildman–Crippen LogP) is 1.32. The molecular weight excluding hydrogens is 371 g/mol. The van der Waals surface area contributed by atoms with Crippen LogP contribution in [0, 0.1) is 5.82 Å². The average molecular weight is 399 g/mol. The van der Waals surface area contributed by atoms with E-state index in [9.17, 15) is 14.0 Å². The fourth-order valence-corrected chi connectivity index (χ4v) is 3.86. The van der Waals surface area contributed by atoms with Crippen molar-refractivity contribution in [1.82, 2.24) is 20.4 Å². The Kier molecular flexibility index (Phi) is 8.01. The van der Waals surface area contributed by atoms with E-state index >= 15 is 0 Å². The number of nitrogens with one attached hydrogen (secondary N) is 2. The van der Waals surface area contributed by atoms with Gasteiger partial charge >= 0.3 is 0 Å². The molecule has 0 aliphatic carbocycles. The van der Waals surface area contributed by atoms with Crippen LogP contribution in [-0.4, -0.2) is 66.9 Å². The summed E-state index contributed by atoms with van der Waals surface area (Å²) in [5.41, 5.74) is 0.889. The van der Waals surface area contributed by atoms with Gasteiger partial charge in [0.15, 0.2) is 0 Å². The van der Waals surface area contributed by atoms with Crippen molar-refractivity contribution in [3.63, 3.8) is 0 Å². The Balaban J connectivity index is 0.00000261. The molecule has 27 heavy (non-hydrogen) atoms. The minimum absolute atomic E-state index is 0. The van der Waals surface area contributed by atoms with Crippen molar-refractivity contribution in [2.75, 3.05) is 39.3 Å². The first-order chi connectivity index (χ1) is 12.5. The minimum atomic E-state index is -0.256. The van der Waals surface area contributed by atoms with E-state index in [1.807, 2.05) is 11.0 Å². The number of piperazine rings is 1. The van der Waals surface area contributed by atoms with Gasteiger partial charge in [0.2, 0.25) is 11.8 Å². The van der Waals surface area contributed by atoms with E-state index in [-0.39, 0.29) is 42.1 Å². The molecule has 2 amide bonds. The molecule has 2 aliphatic rings. The van der Waals surface area contributed by atoms with Gasteiger partial charge in [-0.3, -0.25) is 14.5 Å². The number of rotatable bonds is 4. The van der Waals surface area contributed by atoms with Crippen molar-refractivity contribution in [2.24, 2.45) is 0 Å². The van der Waals surface area contributed by atoms with Crippen LogP contribution >= 0.6 is 12.4 Å². The maximum Gasteiger partial charge on any atom is 0.236 e. The number of likely N-dealkylation sites (tertiary alicyclic amines) is 1. The van der Waals surface area contributed by atoms with E-state index in [2.05, 4.69) is 15.5 Å². The van der Waals surface area contributed by atoms with E-state index in [1.165, 1.54) is 13.0 Å². The van der Waals surface area contributed by atoms with E-state index in [0.717, 1.165) is 38.0 Å². The molecule has 0 bridgehead atoms. The summed E-state index contributed by atoms with van der Waals surface area (Å²) in [6.07, 6.45) is 1.80. The van der Waals surface area contributed by atoms with Crippen LogP contribution in [0.5, 0.6) is 0 Å². The fourth-order valence-electron chi connectivity index (χ4n) is 3.86. The normalized spacial score (nSPS) is 23.4. The van der Waals surface area contributed by atoms with Gasteiger partial charge in [-0.05, 0) is 30.5 Å². The maximum absolute atomic E-state index is 13.6. The van der Waals surface area contributed by atoms with E-state index in [1.54, 1.807) is 12.1 Å². The van der Waals surface area contributed by atoms with Crippen LogP contribution in [-0.2, 0) is 9.59 Å². The van der Waals surface area contributed by atoms with E-state index in [0.29, 0.717) is 19.6 Å². The molecule has 1 aromatic carbocycles. The Hall–Kier alpha value is -1.70. The van der Waals surface area contributed by atoms with Crippen molar-refractivity contribution in [1.29, 1.82) is 0 Å². The van der Waals surface area contributed by atoms with Crippen LogP contribution in [0.1, 0.15) is 31.4 Å². The van der Waals surface area contributed by atoms with E-state index in [4.69, 9.17) is 0 Å². The van der Waals surface area contributed by atoms with Gasteiger partial charge in [0, 0.05) is 51.7 Å². The molecule has 1 aromatic rings.